The van der Waals surface area contributed by atoms with Crippen molar-refractivity contribution in [3.8, 4) is 11.5 Å². The first kappa shape index (κ1) is 18.7. The quantitative estimate of drug-likeness (QED) is 0.735. The third-order valence-corrected chi connectivity index (χ3v) is 6.07. The van der Waals surface area contributed by atoms with Gasteiger partial charge in [-0.3, -0.25) is 9.59 Å². The number of furan rings is 1. The second-order valence-corrected chi connectivity index (χ2v) is 7.73. The fraction of sp³-hybridized carbons (Fsp3) is 0.364. The maximum absolute atomic E-state index is 13.2. The summed E-state index contributed by atoms with van der Waals surface area (Å²) < 4.78 is 22.1. The Kier molecular flexibility index (Phi) is 4.32. The third-order valence-electron chi connectivity index (χ3n) is 6.07. The van der Waals surface area contributed by atoms with Gasteiger partial charge in [0.05, 0.1) is 57.2 Å². The lowest BCUT2D eigenvalue weighted by Gasteiger charge is -2.24. The van der Waals surface area contributed by atoms with Crippen LogP contribution in [-0.2, 0) is 20.9 Å². The number of nitrogens with one attached hydrogen (secondary N) is 1. The van der Waals surface area contributed by atoms with Crippen molar-refractivity contribution in [3.63, 3.8) is 0 Å². The Balaban J connectivity index is 1.38. The number of carbonyl (C=O) groups is 2. The van der Waals surface area contributed by atoms with Crippen LogP contribution in [0.25, 0.3) is 0 Å². The molecule has 2 saturated heterocycles. The summed E-state index contributed by atoms with van der Waals surface area (Å²) in [5, 5.41) is 2.91. The molecule has 1 aromatic heterocycles. The van der Waals surface area contributed by atoms with Gasteiger partial charge in [-0.25, -0.2) is 0 Å². The van der Waals surface area contributed by atoms with Gasteiger partial charge >= 0.3 is 0 Å². The maximum atomic E-state index is 13.2. The van der Waals surface area contributed by atoms with E-state index in [2.05, 4.69) is 5.32 Å². The molecule has 4 atom stereocenters. The van der Waals surface area contributed by atoms with E-state index in [0.717, 1.165) is 0 Å². The summed E-state index contributed by atoms with van der Waals surface area (Å²) in [4.78, 5) is 28.2. The predicted molar refractivity (Wildman–Crippen MR) is 106 cm³/mol. The molecular weight excluding hydrogens is 388 g/mol. The summed E-state index contributed by atoms with van der Waals surface area (Å²) >= 11 is 0. The van der Waals surface area contributed by atoms with Gasteiger partial charge in [-0.15, -0.1) is 0 Å². The minimum Gasteiger partial charge on any atom is -0.497 e. The van der Waals surface area contributed by atoms with Crippen LogP contribution in [-0.4, -0.2) is 49.2 Å². The number of likely N-dealkylation sites (tertiary alicyclic amines) is 1. The number of rotatable bonds is 6. The zero-order valence-electron chi connectivity index (χ0n) is 16.7. The predicted octanol–water partition coefficient (Wildman–Crippen LogP) is 2.22. The van der Waals surface area contributed by atoms with Crippen molar-refractivity contribution in [1.82, 2.24) is 4.90 Å². The van der Waals surface area contributed by atoms with Crippen LogP contribution >= 0.6 is 0 Å². The third kappa shape index (κ3) is 2.79. The van der Waals surface area contributed by atoms with Gasteiger partial charge in [0.25, 0.3) is 0 Å². The Morgan fingerprint density at radius 1 is 1.30 bits per heavy atom. The molecule has 156 valence electrons. The minimum absolute atomic E-state index is 0.0971. The molecule has 0 radical (unpaired) electrons. The highest BCUT2D eigenvalue weighted by molar-refractivity contribution is 6.00. The number of methoxy groups -OCH3 is 2. The van der Waals surface area contributed by atoms with Gasteiger partial charge in [0.15, 0.2) is 0 Å². The lowest BCUT2D eigenvalue weighted by molar-refractivity contribution is -0.136. The first-order valence-electron chi connectivity index (χ1n) is 9.76. The molecule has 2 aromatic rings. The van der Waals surface area contributed by atoms with E-state index in [4.69, 9.17) is 18.6 Å². The van der Waals surface area contributed by atoms with E-state index < -0.39 is 23.5 Å². The maximum Gasteiger partial charge on any atom is 0.231 e. The highest BCUT2D eigenvalue weighted by atomic mass is 16.5. The number of fused-ring (bicyclic) bond motifs is 1. The molecule has 1 N–H and O–H groups in total. The molecule has 1 spiro atoms. The van der Waals surface area contributed by atoms with Crippen LogP contribution < -0.4 is 14.8 Å². The summed E-state index contributed by atoms with van der Waals surface area (Å²) in [5.41, 5.74) is -0.248. The van der Waals surface area contributed by atoms with Crippen LogP contribution in [0.5, 0.6) is 11.5 Å². The minimum atomic E-state index is -0.764. The van der Waals surface area contributed by atoms with Gasteiger partial charge in [-0.2, -0.15) is 0 Å². The van der Waals surface area contributed by atoms with Crippen molar-refractivity contribution < 1.29 is 28.2 Å². The Morgan fingerprint density at radius 3 is 2.90 bits per heavy atom. The van der Waals surface area contributed by atoms with Gasteiger partial charge < -0.3 is 28.8 Å². The molecule has 3 aliphatic heterocycles. The van der Waals surface area contributed by atoms with E-state index in [9.17, 15) is 9.59 Å². The Hall–Kier alpha value is -3.26. The number of nitrogens with zero attached hydrogens (tertiary/aromatic N) is 1. The van der Waals surface area contributed by atoms with Crippen LogP contribution in [0.3, 0.4) is 0 Å². The van der Waals surface area contributed by atoms with E-state index in [1.165, 1.54) is 7.11 Å². The summed E-state index contributed by atoms with van der Waals surface area (Å²) in [7, 11) is 3.08. The molecule has 5 rings (SSSR count). The van der Waals surface area contributed by atoms with Crippen molar-refractivity contribution >= 4 is 17.5 Å². The number of hydrogen-bond acceptors (Lipinski definition) is 6. The fourth-order valence-corrected chi connectivity index (χ4v) is 4.72. The Bertz CT molecular complexity index is 1020. The molecule has 2 fully saturated rings. The van der Waals surface area contributed by atoms with Gasteiger partial charge in [0, 0.05) is 6.07 Å². The summed E-state index contributed by atoms with van der Waals surface area (Å²) in [6.07, 6.45) is 4.97. The van der Waals surface area contributed by atoms with E-state index in [0.29, 0.717) is 36.0 Å². The Morgan fingerprint density at radius 2 is 2.17 bits per heavy atom. The SMILES string of the molecule is COc1ccc(NC(=O)C2C3C=CC4(CN(Cc5ccco5)C(=O)C24)O3)c(OC)c1. The lowest BCUT2D eigenvalue weighted by Crippen LogP contribution is -2.41. The molecule has 1 aromatic carbocycles. The second-order valence-electron chi connectivity index (χ2n) is 7.73. The zero-order valence-corrected chi connectivity index (χ0v) is 16.7. The average Bonchev–Trinajstić information content (AvgIpc) is 3.52. The molecule has 2 amide bonds. The van der Waals surface area contributed by atoms with Crippen molar-refractivity contribution in [1.29, 1.82) is 0 Å². The first-order valence-corrected chi connectivity index (χ1v) is 9.76. The molecule has 8 nitrogen and oxygen atoms in total. The summed E-state index contributed by atoms with van der Waals surface area (Å²) in [5.74, 6) is 0.251. The van der Waals surface area contributed by atoms with Gasteiger partial charge in [0.1, 0.15) is 22.9 Å². The van der Waals surface area contributed by atoms with Crippen molar-refractivity contribution in [2.24, 2.45) is 11.8 Å². The van der Waals surface area contributed by atoms with E-state index in [1.54, 1.807) is 42.5 Å². The highest BCUT2D eigenvalue weighted by Crippen LogP contribution is 2.52. The van der Waals surface area contributed by atoms with Crippen LogP contribution in [0.4, 0.5) is 5.69 Å². The molecule has 4 unspecified atom stereocenters. The molecular formula is C22H22N2O6. The smallest absolute Gasteiger partial charge is 0.231 e. The first-order chi connectivity index (χ1) is 14.5. The van der Waals surface area contributed by atoms with Gasteiger partial charge in [0.2, 0.25) is 11.8 Å². The average molecular weight is 410 g/mol. The summed E-state index contributed by atoms with van der Waals surface area (Å²) in [6, 6.07) is 8.76. The topological polar surface area (TPSA) is 90.2 Å². The van der Waals surface area contributed by atoms with Crippen LogP contribution in [0.15, 0.2) is 53.2 Å². The van der Waals surface area contributed by atoms with Gasteiger partial charge in [-0.1, -0.05) is 12.2 Å². The van der Waals surface area contributed by atoms with Crippen LogP contribution in [0.1, 0.15) is 5.76 Å². The molecule has 0 saturated carbocycles. The number of carbonyl (C=O) groups excluding carboxylic acids is 2. The van der Waals surface area contributed by atoms with Crippen LogP contribution in [0.2, 0.25) is 0 Å². The number of benzene rings is 1. The molecule has 0 aliphatic carbocycles. The van der Waals surface area contributed by atoms with E-state index >= 15 is 0 Å². The number of amides is 2. The zero-order chi connectivity index (χ0) is 20.9. The Labute approximate surface area is 173 Å². The fourth-order valence-electron chi connectivity index (χ4n) is 4.72. The standard InChI is InChI=1S/C22H22N2O6/c1-27-13-5-6-15(17(10-13)28-2)23-20(25)18-16-7-8-22(30-16)12-24(21(26)19(18)22)11-14-4-3-9-29-14/h3-10,16,18-19H,11-12H2,1-2H3,(H,23,25). The summed E-state index contributed by atoms with van der Waals surface area (Å²) in [6.45, 7) is 0.756. The van der Waals surface area contributed by atoms with Crippen molar-refractivity contribution in [2.75, 3.05) is 26.1 Å². The highest BCUT2D eigenvalue weighted by Gasteiger charge is 2.66. The molecule has 3 aliphatic rings. The van der Waals surface area contributed by atoms with Crippen molar-refractivity contribution in [3.05, 3.63) is 54.5 Å². The largest absolute Gasteiger partial charge is 0.497 e. The van der Waals surface area contributed by atoms with Crippen LogP contribution in [0, 0.1) is 11.8 Å². The molecule has 8 heteroatoms. The number of hydrogen-bond donors (Lipinski definition) is 1. The monoisotopic (exact) mass is 410 g/mol. The number of anilines is 1. The molecule has 30 heavy (non-hydrogen) atoms. The van der Waals surface area contributed by atoms with Gasteiger partial charge in [-0.05, 0) is 24.3 Å². The normalized spacial score (nSPS) is 28.7. The molecule has 4 heterocycles. The van der Waals surface area contributed by atoms with E-state index in [1.807, 2.05) is 18.2 Å². The second kappa shape index (κ2) is 6.91. The van der Waals surface area contributed by atoms with E-state index in [-0.39, 0.29) is 11.8 Å². The molecule has 2 bridgehead atoms. The number of ether oxygens (including phenoxy) is 3. The van der Waals surface area contributed by atoms with Crippen molar-refractivity contribution in [2.45, 2.75) is 18.2 Å². The lowest BCUT2D eigenvalue weighted by atomic mass is 9.76.